The third-order valence-electron chi connectivity index (χ3n) is 3.58. The van der Waals surface area contributed by atoms with Crippen LogP contribution in [0.4, 0.5) is 4.39 Å². The van der Waals surface area contributed by atoms with E-state index < -0.39 is 0 Å². The van der Waals surface area contributed by atoms with Crippen molar-refractivity contribution in [3.63, 3.8) is 0 Å². The van der Waals surface area contributed by atoms with E-state index >= 15 is 0 Å². The molecule has 2 aromatic carbocycles. The lowest BCUT2D eigenvalue weighted by atomic mass is 10.1. The van der Waals surface area contributed by atoms with Gasteiger partial charge in [-0.3, -0.25) is 4.79 Å². The zero-order chi connectivity index (χ0) is 16.8. The fourth-order valence-corrected chi connectivity index (χ4v) is 2.75. The highest BCUT2D eigenvalue weighted by Gasteiger charge is 2.13. The van der Waals surface area contributed by atoms with Crippen molar-refractivity contribution in [2.24, 2.45) is 0 Å². The summed E-state index contributed by atoms with van der Waals surface area (Å²) in [5, 5.41) is 2.93. The van der Waals surface area contributed by atoms with E-state index in [1.807, 2.05) is 31.2 Å². The Kier molecular flexibility index (Phi) is 6.16. The van der Waals surface area contributed by atoms with Crippen LogP contribution in [0.3, 0.4) is 0 Å². The number of amides is 1. The molecule has 0 spiro atoms. The average molecular weight is 380 g/mol. The van der Waals surface area contributed by atoms with Crippen molar-refractivity contribution < 1.29 is 13.9 Å². The molecule has 0 radical (unpaired) electrons. The second-order valence-electron chi connectivity index (χ2n) is 5.39. The Morgan fingerprint density at radius 3 is 2.57 bits per heavy atom. The first-order valence-electron chi connectivity index (χ1n) is 7.38. The predicted octanol–water partition coefficient (Wildman–Crippen LogP) is 4.35. The molecule has 0 saturated carbocycles. The number of hydrogen-bond acceptors (Lipinski definition) is 2. The van der Waals surface area contributed by atoms with Crippen LogP contribution < -0.4 is 10.1 Å². The summed E-state index contributed by atoms with van der Waals surface area (Å²) >= 11 is 3.21. The van der Waals surface area contributed by atoms with Crippen molar-refractivity contribution in [1.29, 1.82) is 0 Å². The van der Waals surface area contributed by atoms with Crippen molar-refractivity contribution in [2.45, 2.75) is 25.8 Å². The van der Waals surface area contributed by atoms with Crippen molar-refractivity contribution in [2.75, 3.05) is 7.11 Å². The fraction of sp³-hybridized carbons (Fsp3) is 0.278. The van der Waals surface area contributed by atoms with Gasteiger partial charge in [0.25, 0.3) is 5.91 Å². The Morgan fingerprint density at radius 2 is 1.96 bits per heavy atom. The van der Waals surface area contributed by atoms with Crippen molar-refractivity contribution in [3.05, 3.63) is 63.9 Å². The molecule has 122 valence electrons. The van der Waals surface area contributed by atoms with Crippen LogP contribution >= 0.6 is 15.9 Å². The Bertz CT molecular complexity index is 673. The number of methoxy groups -OCH3 is 1. The molecule has 0 aliphatic heterocycles. The van der Waals surface area contributed by atoms with Gasteiger partial charge in [0.05, 0.1) is 12.7 Å². The molecule has 1 N–H and O–H groups in total. The van der Waals surface area contributed by atoms with E-state index in [1.54, 1.807) is 7.11 Å². The zero-order valence-electron chi connectivity index (χ0n) is 13.1. The normalized spacial score (nSPS) is 11.8. The minimum atomic E-state index is -0.374. The monoisotopic (exact) mass is 379 g/mol. The van der Waals surface area contributed by atoms with Gasteiger partial charge in [-0.05, 0) is 71.6 Å². The molecule has 1 atom stereocenters. The molecule has 1 amide bonds. The third-order valence-corrected chi connectivity index (χ3v) is 4.23. The van der Waals surface area contributed by atoms with E-state index in [2.05, 4.69) is 21.2 Å². The maximum atomic E-state index is 13.1. The number of aryl methyl sites for hydroxylation is 1. The summed E-state index contributed by atoms with van der Waals surface area (Å²) < 4.78 is 18.6. The van der Waals surface area contributed by atoms with Gasteiger partial charge in [-0.15, -0.1) is 0 Å². The van der Waals surface area contributed by atoms with Crippen LogP contribution in [-0.2, 0) is 6.42 Å². The molecular formula is C18H19BrFNO2. The first-order valence-corrected chi connectivity index (χ1v) is 8.17. The lowest BCUT2D eigenvalue weighted by molar-refractivity contribution is 0.0937. The molecule has 0 heterocycles. The third kappa shape index (κ3) is 5.06. The second kappa shape index (κ2) is 8.11. The molecule has 0 saturated heterocycles. The van der Waals surface area contributed by atoms with E-state index in [-0.39, 0.29) is 17.8 Å². The molecule has 0 fully saturated rings. The van der Waals surface area contributed by atoms with E-state index in [0.29, 0.717) is 10.0 Å². The lowest BCUT2D eigenvalue weighted by Crippen LogP contribution is -2.33. The number of hydrogen-bond donors (Lipinski definition) is 1. The number of carbonyl (C=O) groups excluding carboxylic acids is 1. The SMILES string of the molecule is COc1ccc(CCC(C)NC(=O)c2ccc(F)cc2Br)cc1. The Labute approximate surface area is 144 Å². The van der Waals surface area contributed by atoms with Crippen LogP contribution in [0, 0.1) is 5.82 Å². The average Bonchev–Trinajstić information content (AvgIpc) is 2.53. The van der Waals surface area contributed by atoms with E-state index in [4.69, 9.17) is 4.74 Å². The van der Waals surface area contributed by atoms with Crippen LogP contribution in [0.1, 0.15) is 29.3 Å². The van der Waals surface area contributed by atoms with Gasteiger partial charge in [-0.25, -0.2) is 4.39 Å². The van der Waals surface area contributed by atoms with E-state index in [0.717, 1.165) is 18.6 Å². The lowest BCUT2D eigenvalue weighted by Gasteiger charge is -2.15. The standard InChI is InChI=1S/C18H19BrFNO2/c1-12(3-4-13-5-8-15(23-2)9-6-13)21-18(22)16-10-7-14(20)11-17(16)19/h5-12H,3-4H2,1-2H3,(H,21,22). The van der Waals surface area contributed by atoms with Crippen molar-refractivity contribution in [1.82, 2.24) is 5.32 Å². The van der Waals surface area contributed by atoms with Gasteiger partial charge in [0, 0.05) is 10.5 Å². The molecule has 23 heavy (non-hydrogen) atoms. The van der Waals surface area contributed by atoms with Gasteiger partial charge < -0.3 is 10.1 Å². The molecule has 0 aromatic heterocycles. The minimum Gasteiger partial charge on any atom is -0.497 e. The van der Waals surface area contributed by atoms with Crippen LogP contribution in [-0.4, -0.2) is 19.1 Å². The van der Waals surface area contributed by atoms with E-state index in [1.165, 1.54) is 23.8 Å². The molecule has 3 nitrogen and oxygen atoms in total. The summed E-state index contributed by atoms with van der Waals surface area (Å²) in [4.78, 5) is 12.2. The molecule has 2 rings (SSSR count). The van der Waals surface area contributed by atoms with Gasteiger partial charge in [0.15, 0.2) is 0 Å². The largest absolute Gasteiger partial charge is 0.497 e. The summed E-state index contributed by atoms with van der Waals surface area (Å²) in [6.07, 6.45) is 1.67. The quantitative estimate of drug-likeness (QED) is 0.809. The maximum absolute atomic E-state index is 13.1. The molecule has 2 aromatic rings. The molecule has 0 aliphatic rings. The summed E-state index contributed by atoms with van der Waals surface area (Å²) in [5.41, 5.74) is 1.62. The molecule has 0 bridgehead atoms. The maximum Gasteiger partial charge on any atom is 0.252 e. The van der Waals surface area contributed by atoms with Gasteiger partial charge in [-0.1, -0.05) is 12.1 Å². The molecule has 0 aliphatic carbocycles. The number of ether oxygens (including phenoxy) is 1. The van der Waals surface area contributed by atoms with Crippen LogP contribution in [0.25, 0.3) is 0 Å². The first-order chi connectivity index (χ1) is 11.0. The van der Waals surface area contributed by atoms with Crippen molar-refractivity contribution >= 4 is 21.8 Å². The number of rotatable bonds is 6. The zero-order valence-corrected chi connectivity index (χ0v) is 14.7. The van der Waals surface area contributed by atoms with Crippen LogP contribution in [0.2, 0.25) is 0 Å². The smallest absolute Gasteiger partial charge is 0.252 e. The van der Waals surface area contributed by atoms with Gasteiger partial charge in [-0.2, -0.15) is 0 Å². The fourth-order valence-electron chi connectivity index (χ4n) is 2.22. The topological polar surface area (TPSA) is 38.3 Å². The molecular weight excluding hydrogens is 361 g/mol. The Hall–Kier alpha value is -1.88. The Morgan fingerprint density at radius 1 is 1.26 bits per heavy atom. The number of carbonyl (C=O) groups is 1. The summed E-state index contributed by atoms with van der Waals surface area (Å²) in [6, 6.07) is 11.9. The Balaban J connectivity index is 1.88. The minimum absolute atomic E-state index is 0.0153. The summed E-state index contributed by atoms with van der Waals surface area (Å²) in [6.45, 7) is 1.96. The second-order valence-corrected chi connectivity index (χ2v) is 6.24. The highest BCUT2D eigenvalue weighted by Crippen LogP contribution is 2.18. The highest BCUT2D eigenvalue weighted by molar-refractivity contribution is 9.10. The summed E-state index contributed by atoms with van der Waals surface area (Å²) in [7, 11) is 1.64. The van der Waals surface area contributed by atoms with Gasteiger partial charge in [0.2, 0.25) is 0 Å². The highest BCUT2D eigenvalue weighted by atomic mass is 79.9. The number of halogens is 2. The molecule has 1 unspecified atom stereocenters. The first kappa shape index (κ1) is 17.5. The van der Waals surface area contributed by atoms with Crippen LogP contribution in [0.5, 0.6) is 5.75 Å². The van der Waals surface area contributed by atoms with Crippen molar-refractivity contribution in [3.8, 4) is 5.75 Å². The predicted molar refractivity (Wildman–Crippen MR) is 92.3 cm³/mol. The van der Waals surface area contributed by atoms with Crippen LogP contribution in [0.15, 0.2) is 46.9 Å². The van der Waals surface area contributed by atoms with E-state index in [9.17, 15) is 9.18 Å². The van der Waals surface area contributed by atoms with Gasteiger partial charge in [0.1, 0.15) is 11.6 Å². The molecule has 5 heteroatoms. The summed E-state index contributed by atoms with van der Waals surface area (Å²) in [5.74, 6) is 0.247. The number of nitrogens with one attached hydrogen (secondary N) is 1. The number of benzene rings is 2. The van der Waals surface area contributed by atoms with Gasteiger partial charge >= 0.3 is 0 Å².